The topological polar surface area (TPSA) is 125 Å². The van der Waals surface area contributed by atoms with Gasteiger partial charge in [-0.25, -0.2) is 14.8 Å². The number of esters is 1. The third-order valence-corrected chi connectivity index (χ3v) is 8.23. The Bertz CT molecular complexity index is 1810. The summed E-state index contributed by atoms with van der Waals surface area (Å²) < 4.78 is 11.4. The number of methoxy groups -OCH3 is 1. The lowest BCUT2D eigenvalue weighted by atomic mass is 9.91. The summed E-state index contributed by atoms with van der Waals surface area (Å²) in [6, 6.07) is 7.52. The molecule has 1 saturated carbocycles. The number of nitrogens with one attached hydrogen (secondary N) is 2. The Morgan fingerprint density at radius 3 is 2.55 bits per heavy atom. The highest BCUT2D eigenvalue weighted by atomic mass is 16.5. The first-order valence-corrected chi connectivity index (χ1v) is 16.5. The molecule has 1 amide bonds. The Kier molecular flexibility index (Phi) is 10.4. The third-order valence-electron chi connectivity index (χ3n) is 8.23. The highest BCUT2D eigenvalue weighted by molar-refractivity contribution is 6.02. The van der Waals surface area contributed by atoms with Gasteiger partial charge >= 0.3 is 5.97 Å². The Balaban J connectivity index is 1.56. The SMILES string of the molecule is C=CC(=O)Nc1cc(Nc2ncc(C(=O)OC(C)C)c(N3CC(C)(C)c4nc(C#CC5CC5)ccc43)n2)c(OC)cc1N(C)CCN(C)C. The van der Waals surface area contributed by atoms with Crippen molar-refractivity contribution >= 4 is 46.4 Å². The van der Waals surface area contributed by atoms with Gasteiger partial charge in [-0.05, 0) is 71.0 Å². The van der Waals surface area contributed by atoms with Crippen molar-refractivity contribution in [3.05, 3.63) is 60.1 Å². The van der Waals surface area contributed by atoms with Crippen LogP contribution in [-0.4, -0.2) is 85.7 Å². The van der Waals surface area contributed by atoms with Crippen molar-refractivity contribution in [2.75, 3.05) is 68.3 Å². The van der Waals surface area contributed by atoms with E-state index in [1.807, 2.05) is 49.1 Å². The molecule has 0 spiro atoms. The van der Waals surface area contributed by atoms with Gasteiger partial charge in [0.15, 0.2) is 5.82 Å². The van der Waals surface area contributed by atoms with Crippen molar-refractivity contribution < 1.29 is 19.1 Å². The summed E-state index contributed by atoms with van der Waals surface area (Å²) in [7, 11) is 7.53. The van der Waals surface area contributed by atoms with Gasteiger partial charge in [0.2, 0.25) is 11.9 Å². The highest BCUT2D eigenvalue weighted by Crippen LogP contribution is 2.44. The van der Waals surface area contributed by atoms with Gasteiger partial charge in [0.25, 0.3) is 0 Å². The molecular formula is C37H46N8O4. The van der Waals surface area contributed by atoms with E-state index >= 15 is 0 Å². The van der Waals surface area contributed by atoms with Crippen molar-refractivity contribution in [3.63, 3.8) is 0 Å². The van der Waals surface area contributed by atoms with E-state index in [0.717, 1.165) is 42.1 Å². The van der Waals surface area contributed by atoms with Crippen LogP contribution in [0.1, 0.15) is 62.3 Å². The standard InChI is InChI=1S/C37H46N8O4/c1-10-32(46)40-27-19-28(31(48-9)20-30(27)44(8)18-17-43(6)7)41-36-38-21-26(35(47)49-23(2)3)34(42-36)45-22-37(4,5)33-29(45)16-15-25(39-33)14-13-24-11-12-24/h10,15-16,19-21,23-24H,1,11-12,17-18,22H2,2-9H3,(H,40,46)(H,38,41,42). The smallest absolute Gasteiger partial charge is 0.343 e. The van der Waals surface area contributed by atoms with Crippen LogP contribution < -0.4 is 25.2 Å². The molecule has 1 aromatic carbocycles. The van der Waals surface area contributed by atoms with Gasteiger partial charge in [0.05, 0.1) is 41.7 Å². The van der Waals surface area contributed by atoms with Crippen molar-refractivity contribution in [3.8, 4) is 17.6 Å². The lowest BCUT2D eigenvalue weighted by Crippen LogP contribution is -2.29. The molecule has 5 rings (SSSR count). The number of likely N-dealkylation sites (N-methyl/N-ethyl adjacent to an activating group) is 2. The number of pyridine rings is 1. The molecule has 2 aromatic heterocycles. The van der Waals surface area contributed by atoms with Crippen LogP contribution in [0.25, 0.3) is 0 Å². The lowest BCUT2D eigenvalue weighted by molar-refractivity contribution is -0.111. The molecule has 12 heteroatoms. The van der Waals surface area contributed by atoms with E-state index in [4.69, 9.17) is 19.4 Å². The minimum absolute atomic E-state index is 0.218. The maximum atomic E-state index is 13.4. The number of ether oxygens (including phenoxy) is 2. The number of hydrogen-bond donors (Lipinski definition) is 2. The van der Waals surface area contributed by atoms with Gasteiger partial charge in [-0.3, -0.25) is 4.79 Å². The van der Waals surface area contributed by atoms with E-state index in [0.29, 0.717) is 41.9 Å². The normalized spacial score (nSPS) is 14.5. The predicted octanol–water partition coefficient (Wildman–Crippen LogP) is 5.50. The molecule has 0 saturated heterocycles. The van der Waals surface area contributed by atoms with Crippen LogP contribution in [-0.2, 0) is 14.9 Å². The Hall–Kier alpha value is -5.15. The molecule has 0 bridgehead atoms. The number of carbonyl (C=O) groups is 2. The molecule has 1 fully saturated rings. The zero-order valence-electron chi connectivity index (χ0n) is 29.7. The highest BCUT2D eigenvalue weighted by Gasteiger charge is 2.40. The molecule has 0 radical (unpaired) electrons. The molecule has 0 unspecified atom stereocenters. The minimum Gasteiger partial charge on any atom is -0.494 e. The first-order chi connectivity index (χ1) is 23.3. The summed E-state index contributed by atoms with van der Waals surface area (Å²) in [6.45, 7) is 13.5. The second kappa shape index (κ2) is 14.5. The average molecular weight is 667 g/mol. The molecule has 49 heavy (non-hydrogen) atoms. The lowest BCUT2D eigenvalue weighted by Gasteiger charge is -2.26. The number of benzene rings is 1. The summed E-state index contributed by atoms with van der Waals surface area (Å²) >= 11 is 0. The van der Waals surface area contributed by atoms with Gasteiger partial charge < -0.3 is 34.8 Å². The Morgan fingerprint density at radius 1 is 1.14 bits per heavy atom. The summed E-state index contributed by atoms with van der Waals surface area (Å²) in [4.78, 5) is 46.3. The van der Waals surface area contributed by atoms with Gasteiger partial charge in [-0.15, -0.1) is 0 Å². The third kappa shape index (κ3) is 8.29. The van der Waals surface area contributed by atoms with Crippen LogP contribution in [0.4, 0.5) is 34.5 Å². The molecule has 258 valence electrons. The van der Waals surface area contributed by atoms with E-state index in [9.17, 15) is 9.59 Å². The Labute approximate surface area is 288 Å². The number of carbonyl (C=O) groups excluding carboxylic acids is 2. The molecule has 1 aliphatic carbocycles. The second-order valence-electron chi connectivity index (χ2n) is 13.6. The molecule has 3 heterocycles. The fraction of sp³-hybridized carbons (Fsp3) is 0.432. The summed E-state index contributed by atoms with van der Waals surface area (Å²) in [5.74, 6) is 7.22. The van der Waals surface area contributed by atoms with Crippen LogP contribution in [0.15, 0.2) is 43.1 Å². The van der Waals surface area contributed by atoms with Crippen LogP contribution in [0.2, 0.25) is 0 Å². The van der Waals surface area contributed by atoms with Crippen molar-refractivity contribution in [1.29, 1.82) is 0 Å². The van der Waals surface area contributed by atoms with Gasteiger partial charge in [-0.2, -0.15) is 4.98 Å². The summed E-state index contributed by atoms with van der Waals surface area (Å²) in [6.07, 6.45) is 4.64. The molecule has 12 nitrogen and oxygen atoms in total. The second-order valence-corrected chi connectivity index (χ2v) is 13.6. The number of aromatic nitrogens is 3. The predicted molar refractivity (Wildman–Crippen MR) is 193 cm³/mol. The average Bonchev–Trinajstić information content (AvgIpc) is 3.85. The molecular weight excluding hydrogens is 620 g/mol. The summed E-state index contributed by atoms with van der Waals surface area (Å²) in [5, 5.41) is 6.18. The van der Waals surface area contributed by atoms with Crippen LogP contribution in [0.5, 0.6) is 5.75 Å². The maximum absolute atomic E-state index is 13.4. The van der Waals surface area contributed by atoms with Gasteiger partial charge in [0.1, 0.15) is 17.0 Å². The van der Waals surface area contributed by atoms with Gasteiger partial charge in [-0.1, -0.05) is 26.3 Å². The largest absolute Gasteiger partial charge is 0.494 e. The molecule has 3 aromatic rings. The fourth-order valence-electron chi connectivity index (χ4n) is 5.47. The number of rotatable bonds is 12. The maximum Gasteiger partial charge on any atom is 0.343 e. The van der Waals surface area contributed by atoms with Crippen LogP contribution in [0, 0.1) is 17.8 Å². The number of amides is 1. The first-order valence-electron chi connectivity index (χ1n) is 16.5. The van der Waals surface area contributed by atoms with E-state index in [1.54, 1.807) is 27.0 Å². The molecule has 0 atom stereocenters. The Morgan fingerprint density at radius 2 is 1.90 bits per heavy atom. The van der Waals surface area contributed by atoms with Gasteiger partial charge in [0, 0.05) is 50.3 Å². The van der Waals surface area contributed by atoms with Crippen LogP contribution >= 0.6 is 0 Å². The summed E-state index contributed by atoms with van der Waals surface area (Å²) in [5.41, 5.74) is 4.13. The monoisotopic (exact) mass is 666 g/mol. The van der Waals surface area contributed by atoms with Crippen LogP contribution in [0.3, 0.4) is 0 Å². The number of hydrogen-bond acceptors (Lipinski definition) is 11. The minimum atomic E-state index is -0.528. The van der Waals surface area contributed by atoms with Crippen molar-refractivity contribution in [2.45, 2.75) is 52.1 Å². The van der Waals surface area contributed by atoms with Crippen molar-refractivity contribution in [1.82, 2.24) is 19.9 Å². The zero-order valence-corrected chi connectivity index (χ0v) is 29.7. The zero-order chi connectivity index (χ0) is 35.5. The molecule has 2 aliphatic rings. The first kappa shape index (κ1) is 35.2. The number of anilines is 6. The van der Waals surface area contributed by atoms with E-state index in [1.165, 1.54) is 12.3 Å². The fourth-order valence-corrected chi connectivity index (χ4v) is 5.47. The molecule has 2 N–H and O–H groups in total. The van der Waals surface area contributed by atoms with Crippen molar-refractivity contribution in [2.24, 2.45) is 5.92 Å². The van der Waals surface area contributed by atoms with E-state index < -0.39 is 5.97 Å². The van der Waals surface area contributed by atoms with E-state index in [-0.39, 0.29) is 28.9 Å². The quantitative estimate of drug-likeness (QED) is 0.145. The number of nitrogens with zero attached hydrogens (tertiary/aromatic N) is 6. The number of fused-ring (bicyclic) bond motifs is 1. The molecule has 1 aliphatic heterocycles. The van der Waals surface area contributed by atoms with E-state index in [2.05, 4.69) is 52.8 Å².